The number of hydrogen-bond acceptors (Lipinski definition) is 2. The minimum absolute atomic E-state index is 0.0202. The molecular weight excluding hydrogens is 284 g/mol. The van der Waals surface area contributed by atoms with Crippen molar-refractivity contribution in [1.82, 2.24) is 0 Å². The molecule has 108 valence electrons. The molecule has 2 nitrogen and oxygen atoms in total. The number of rotatable bonds is 2. The summed E-state index contributed by atoms with van der Waals surface area (Å²) in [5.41, 5.74) is 0.272. The molecule has 0 radical (unpaired) electrons. The van der Waals surface area contributed by atoms with Gasteiger partial charge in [0.2, 0.25) is 0 Å². The highest BCUT2D eigenvalue weighted by Crippen LogP contribution is 2.33. The monoisotopic (exact) mass is 294 g/mol. The van der Waals surface area contributed by atoms with Crippen LogP contribution >= 0.6 is 0 Å². The molecular formula is C15H10F4N2. The first kappa shape index (κ1) is 14.9. The molecule has 0 aromatic heterocycles. The summed E-state index contributed by atoms with van der Waals surface area (Å²) in [5, 5.41) is 11.7. The molecule has 2 aromatic carbocycles. The Morgan fingerprint density at radius 3 is 2.38 bits per heavy atom. The second kappa shape index (κ2) is 5.44. The van der Waals surface area contributed by atoms with Gasteiger partial charge in [-0.15, -0.1) is 0 Å². The molecule has 0 saturated carbocycles. The van der Waals surface area contributed by atoms with E-state index < -0.39 is 17.6 Å². The van der Waals surface area contributed by atoms with E-state index in [4.69, 9.17) is 5.26 Å². The summed E-state index contributed by atoms with van der Waals surface area (Å²) >= 11 is 0. The molecule has 0 amide bonds. The Kier molecular flexibility index (Phi) is 3.85. The molecule has 0 aliphatic carbocycles. The van der Waals surface area contributed by atoms with Gasteiger partial charge >= 0.3 is 6.18 Å². The van der Waals surface area contributed by atoms with Crippen molar-refractivity contribution in [2.24, 2.45) is 0 Å². The van der Waals surface area contributed by atoms with E-state index in [1.165, 1.54) is 12.1 Å². The van der Waals surface area contributed by atoms with Gasteiger partial charge in [-0.1, -0.05) is 6.07 Å². The first-order chi connectivity index (χ1) is 9.81. The largest absolute Gasteiger partial charge is 0.416 e. The number of nitriles is 1. The molecule has 0 unspecified atom stereocenters. The van der Waals surface area contributed by atoms with Crippen molar-refractivity contribution in [3.05, 3.63) is 58.9 Å². The minimum atomic E-state index is -4.45. The molecule has 0 bridgehead atoms. The van der Waals surface area contributed by atoms with Crippen LogP contribution in [-0.2, 0) is 6.18 Å². The van der Waals surface area contributed by atoms with Crippen molar-refractivity contribution in [3.8, 4) is 6.07 Å². The summed E-state index contributed by atoms with van der Waals surface area (Å²) in [6, 6.07) is 8.53. The van der Waals surface area contributed by atoms with Gasteiger partial charge in [0.1, 0.15) is 11.9 Å². The lowest BCUT2D eigenvalue weighted by Gasteiger charge is -2.14. The van der Waals surface area contributed by atoms with E-state index >= 15 is 0 Å². The van der Waals surface area contributed by atoms with Gasteiger partial charge in [-0.2, -0.15) is 18.4 Å². The standard InChI is InChI=1S/C15H10F4N2/c1-9-2-3-11(15(17,18)19)7-14(9)21-13-5-4-12(16)6-10(13)8-20/h2-7,21H,1H3. The first-order valence-electron chi connectivity index (χ1n) is 5.96. The number of anilines is 2. The summed E-state index contributed by atoms with van der Waals surface area (Å²) in [6.45, 7) is 1.64. The zero-order valence-electron chi connectivity index (χ0n) is 10.9. The number of hydrogen-bond donors (Lipinski definition) is 1. The van der Waals surface area contributed by atoms with Crippen molar-refractivity contribution in [1.29, 1.82) is 5.26 Å². The van der Waals surface area contributed by atoms with Crippen LogP contribution in [0.3, 0.4) is 0 Å². The first-order valence-corrected chi connectivity index (χ1v) is 5.96. The summed E-state index contributed by atoms with van der Waals surface area (Å²) < 4.78 is 51.2. The van der Waals surface area contributed by atoms with Crippen LogP contribution in [0.2, 0.25) is 0 Å². The topological polar surface area (TPSA) is 35.8 Å². The van der Waals surface area contributed by atoms with Gasteiger partial charge in [-0.05, 0) is 42.8 Å². The number of aryl methyl sites for hydroxylation is 1. The van der Waals surface area contributed by atoms with Crippen molar-refractivity contribution >= 4 is 11.4 Å². The van der Waals surface area contributed by atoms with Gasteiger partial charge in [0.05, 0.1) is 16.8 Å². The summed E-state index contributed by atoms with van der Waals surface area (Å²) in [4.78, 5) is 0. The van der Waals surface area contributed by atoms with Gasteiger partial charge in [0.25, 0.3) is 0 Å². The molecule has 0 aliphatic rings. The average molecular weight is 294 g/mol. The molecule has 0 spiro atoms. The maximum atomic E-state index is 13.0. The van der Waals surface area contributed by atoms with Crippen LogP contribution in [0.25, 0.3) is 0 Å². The Morgan fingerprint density at radius 2 is 1.76 bits per heavy atom. The van der Waals surface area contributed by atoms with Crippen molar-refractivity contribution < 1.29 is 17.6 Å². The van der Waals surface area contributed by atoms with Gasteiger partial charge in [-0.25, -0.2) is 4.39 Å². The second-order valence-corrected chi connectivity index (χ2v) is 4.45. The van der Waals surface area contributed by atoms with Crippen LogP contribution in [-0.4, -0.2) is 0 Å². The number of nitrogens with one attached hydrogen (secondary N) is 1. The molecule has 0 atom stereocenters. The Balaban J connectivity index is 2.43. The third-order valence-corrected chi connectivity index (χ3v) is 2.94. The minimum Gasteiger partial charge on any atom is -0.354 e. The fraction of sp³-hybridized carbons (Fsp3) is 0.133. The fourth-order valence-electron chi connectivity index (χ4n) is 1.80. The van der Waals surface area contributed by atoms with Gasteiger partial charge in [0.15, 0.2) is 0 Å². The molecule has 6 heteroatoms. The van der Waals surface area contributed by atoms with Crippen molar-refractivity contribution in [2.45, 2.75) is 13.1 Å². The Morgan fingerprint density at radius 1 is 1.05 bits per heavy atom. The molecule has 0 aliphatic heterocycles. The molecule has 2 aromatic rings. The third kappa shape index (κ3) is 3.31. The zero-order chi connectivity index (χ0) is 15.6. The lowest BCUT2D eigenvalue weighted by atomic mass is 10.1. The molecule has 0 fully saturated rings. The maximum Gasteiger partial charge on any atom is 0.416 e. The van der Waals surface area contributed by atoms with Gasteiger partial charge < -0.3 is 5.32 Å². The SMILES string of the molecule is Cc1ccc(C(F)(F)F)cc1Nc1ccc(F)cc1C#N. The summed E-state index contributed by atoms with van der Waals surface area (Å²) in [7, 11) is 0. The number of halogens is 4. The van der Waals surface area contributed by atoms with Crippen LogP contribution in [0.5, 0.6) is 0 Å². The summed E-state index contributed by atoms with van der Waals surface area (Å²) in [6.07, 6.45) is -4.45. The lowest BCUT2D eigenvalue weighted by molar-refractivity contribution is -0.137. The van der Waals surface area contributed by atoms with Gasteiger partial charge in [0, 0.05) is 5.69 Å². The summed E-state index contributed by atoms with van der Waals surface area (Å²) in [5.74, 6) is -0.585. The molecule has 0 heterocycles. The number of nitrogens with zero attached hydrogens (tertiary/aromatic N) is 1. The Labute approximate surface area is 118 Å². The number of alkyl halides is 3. The maximum absolute atomic E-state index is 13.0. The van der Waals surface area contributed by atoms with E-state index in [0.29, 0.717) is 5.56 Å². The molecule has 1 N–H and O–H groups in total. The quantitative estimate of drug-likeness (QED) is 0.810. The van der Waals surface area contributed by atoms with Crippen LogP contribution in [0.15, 0.2) is 36.4 Å². The zero-order valence-corrected chi connectivity index (χ0v) is 10.9. The van der Waals surface area contributed by atoms with Crippen LogP contribution in [0, 0.1) is 24.1 Å². The average Bonchev–Trinajstić information content (AvgIpc) is 2.41. The van der Waals surface area contributed by atoms with E-state index in [-0.39, 0.29) is 16.9 Å². The normalized spacial score (nSPS) is 11.0. The molecule has 21 heavy (non-hydrogen) atoms. The van der Waals surface area contributed by atoms with E-state index in [2.05, 4.69) is 5.32 Å². The van der Waals surface area contributed by atoms with E-state index in [9.17, 15) is 17.6 Å². The predicted octanol–water partition coefficient (Wildman–Crippen LogP) is 4.77. The Hall–Kier alpha value is -2.55. The smallest absolute Gasteiger partial charge is 0.354 e. The molecule has 2 rings (SSSR count). The van der Waals surface area contributed by atoms with E-state index in [0.717, 1.165) is 24.3 Å². The number of benzene rings is 2. The van der Waals surface area contributed by atoms with Gasteiger partial charge in [-0.3, -0.25) is 0 Å². The Bertz CT molecular complexity index is 715. The van der Waals surface area contributed by atoms with Crippen LogP contribution in [0.1, 0.15) is 16.7 Å². The van der Waals surface area contributed by atoms with Crippen LogP contribution in [0.4, 0.5) is 28.9 Å². The predicted molar refractivity (Wildman–Crippen MR) is 70.6 cm³/mol. The van der Waals surface area contributed by atoms with E-state index in [1.807, 2.05) is 0 Å². The van der Waals surface area contributed by atoms with Crippen molar-refractivity contribution in [3.63, 3.8) is 0 Å². The van der Waals surface area contributed by atoms with Crippen molar-refractivity contribution in [2.75, 3.05) is 5.32 Å². The highest BCUT2D eigenvalue weighted by molar-refractivity contribution is 5.69. The van der Waals surface area contributed by atoms with E-state index in [1.54, 1.807) is 13.0 Å². The lowest BCUT2D eigenvalue weighted by Crippen LogP contribution is -2.06. The second-order valence-electron chi connectivity index (χ2n) is 4.45. The van der Waals surface area contributed by atoms with Crippen LogP contribution < -0.4 is 5.32 Å². The highest BCUT2D eigenvalue weighted by Gasteiger charge is 2.30. The fourth-order valence-corrected chi connectivity index (χ4v) is 1.80. The highest BCUT2D eigenvalue weighted by atomic mass is 19.4. The molecule has 0 saturated heterocycles. The third-order valence-electron chi connectivity index (χ3n) is 2.94.